The van der Waals surface area contributed by atoms with E-state index in [-0.39, 0.29) is 17.7 Å². The lowest BCUT2D eigenvalue weighted by molar-refractivity contribution is -0.933. The van der Waals surface area contributed by atoms with E-state index < -0.39 is 0 Å². The van der Waals surface area contributed by atoms with Crippen molar-refractivity contribution < 1.29 is 13.7 Å². The third-order valence-corrected chi connectivity index (χ3v) is 5.62. The summed E-state index contributed by atoms with van der Waals surface area (Å²) in [7, 11) is 0. The molecule has 1 atom stereocenters. The first-order chi connectivity index (χ1) is 14.2. The minimum atomic E-state index is -0.255. The molecule has 0 saturated carbocycles. The summed E-state index contributed by atoms with van der Waals surface area (Å²) in [5, 5.41) is 12.4. The molecule has 29 heavy (non-hydrogen) atoms. The summed E-state index contributed by atoms with van der Waals surface area (Å²) in [6, 6.07) is 13.5. The van der Waals surface area contributed by atoms with E-state index in [2.05, 4.69) is 27.3 Å². The van der Waals surface area contributed by atoms with Crippen molar-refractivity contribution >= 4 is 5.69 Å². The van der Waals surface area contributed by atoms with Crippen molar-refractivity contribution in [2.24, 2.45) is 0 Å². The largest absolute Gasteiger partial charge is 0.358 e. The van der Waals surface area contributed by atoms with Crippen LogP contribution in [0.4, 0.5) is 14.5 Å². The highest BCUT2D eigenvalue weighted by molar-refractivity contribution is 5.47. The molecule has 0 radical (unpaired) electrons. The smallest absolute Gasteiger partial charge is 0.209 e. The van der Waals surface area contributed by atoms with Crippen LogP contribution in [0.2, 0.25) is 0 Å². The van der Waals surface area contributed by atoms with Crippen LogP contribution in [0, 0.1) is 11.6 Å². The van der Waals surface area contributed by atoms with E-state index in [9.17, 15) is 8.78 Å². The predicted octanol–water partition coefficient (Wildman–Crippen LogP) is 1.86. The third-order valence-electron chi connectivity index (χ3n) is 5.62. The number of rotatable bonds is 6. The van der Waals surface area contributed by atoms with Crippen molar-refractivity contribution in [3.63, 3.8) is 0 Å². The SMILES string of the molecule is CC[C@H](c1nnnn1Cc1ccc(F)cc1)[NH+]1CCN(c2ccccc2F)CC1. The summed E-state index contributed by atoms with van der Waals surface area (Å²) in [5.41, 5.74) is 1.62. The quantitative estimate of drug-likeness (QED) is 0.688. The maximum Gasteiger partial charge on any atom is 0.209 e. The van der Waals surface area contributed by atoms with Gasteiger partial charge in [0.05, 0.1) is 38.4 Å². The molecule has 8 heteroatoms. The van der Waals surface area contributed by atoms with Crippen molar-refractivity contribution in [1.82, 2.24) is 20.2 Å². The number of tetrazole rings is 1. The van der Waals surface area contributed by atoms with Crippen LogP contribution in [0.3, 0.4) is 0 Å². The van der Waals surface area contributed by atoms with Gasteiger partial charge in [-0.2, -0.15) is 0 Å². The van der Waals surface area contributed by atoms with Crippen LogP contribution in [-0.4, -0.2) is 46.4 Å². The van der Waals surface area contributed by atoms with Gasteiger partial charge in [0.1, 0.15) is 17.7 Å². The second-order valence-electron chi connectivity index (χ2n) is 7.38. The molecule has 1 aliphatic heterocycles. The van der Waals surface area contributed by atoms with Gasteiger partial charge in [-0.05, 0) is 40.3 Å². The summed E-state index contributed by atoms with van der Waals surface area (Å²) in [6.07, 6.45) is 0.902. The molecule has 1 saturated heterocycles. The second-order valence-corrected chi connectivity index (χ2v) is 7.38. The molecule has 1 aliphatic rings. The van der Waals surface area contributed by atoms with Crippen LogP contribution in [0.25, 0.3) is 0 Å². The Bertz CT molecular complexity index is 934. The Labute approximate surface area is 168 Å². The molecule has 0 aliphatic carbocycles. The van der Waals surface area contributed by atoms with Crippen LogP contribution >= 0.6 is 0 Å². The van der Waals surface area contributed by atoms with Gasteiger partial charge in [0.15, 0.2) is 0 Å². The minimum Gasteiger partial charge on any atom is -0.358 e. The monoisotopic (exact) mass is 399 g/mol. The fourth-order valence-corrected chi connectivity index (χ4v) is 4.08. The Kier molecular flexibility index (Phi) is 5.80. The second kappa shape index (κ2) is 8.65. The number of nitrogens with one attached hydrogen (secondary N) is 1. The standard InChI is InChI=1S/C21H24F2N6/c1-2-19(21-24-25-26-29(21)15-16-7-9-17(22)10-8-16)27-11-13-28(14-12-27)20-6-4-3-5-18(20)23/h3-10,19H,2,11-15H2,1H3/p+1/t19-/m1/s1. The molecule has 0 spiro atoms. The van der Waals surface area contributed by atoms with Crippen LogP contribution in [0.1, 0.15) is 30.8 Å². The molecular weight excluding hydrogens is 374 g/mol. The molecule has 0 amide bonds. The van der Waals surface area contributed by atoms with Crippen LogP contribution in [0.5, 0.6) is 0 Å². The number of quaternary nitrogens is 1. The summed E-state index contributed by atoms with van der Waals surface area (Å²) in [5.74, 6) is 0.409. The van der Waals surface area contributed by atoms with Crippen LogP contribution in [0.15, 0.2) is 48.5 Å². The fraction of sp³-hybridized carbons (Fsp3) is 0.381. The number of aromatic nitrogens is 4. The highest BCUT2D eigenvalue weighted by atomic mass is 19.1. The van der Waals surface area contributed by atoms with Gasteiger partial charge in [0.25, 0.3) is 0 Å². The third kappa shape index (κ3) is 4.27. The van der Waals surface area contributed by atoms with E-state index in [0.717, 1.165) is 44.0 Å². The number of anilines is 1. The van der Waals surface area contributed by atoms with E-state index in [4.69, 9.17) is 0 Å². The minimum absolute atomic E-state index is 0.160. The summed E-state index contributed by atoms with van der Waals surface area (Å²) in [6.45, 7) is 5.98. The maximum atomic E-state index is 14.1. The Morgan fingerprint density at radius 2 is 1.76 bits per heavy atom. The Hall–Kier alpha value is -2.87. The summed E-state index contributed by atoms with van der Waals surface area (Å²) in [4.78, 5) is 3.50. The molecule has 2 heterocycles. The number of hydrogen-bond acceptors (Lipinski definition) is 4. The van der Waals surface area contributed by atoms with Crippen molar-refractivity contribution in [3.05, 3.63) is 71.6 Å². The molecule has 2 aromatic carbocycles. The van der Waals surface area contributed by atoms with Gasteiger partial charge in [0, 0.05) is 6.42 Å². The van der Waals surface area contributed by atoms with Gasteiger partial charge >= 0.3 is 0 Å². The van der Waals surface area contributed by atoms with Gasteiger partial charge in [-0.15, -0.1) is 5.10 Å². The molecular formula is C21H25F2N6+. The zero-order valence-electron chi connectivity index (χ0n) is 16.4. The van der Waals surface area contributed by atoms with Crippen molar-refractivity contribution in [2.45, 2.75) is 25.9 Å². The van der Waals surface area contributed by atoms with Crippen LogP contribution < -0.4 is 9.80 Å². The first kappa shape index (κ1) is 19.4. The van der Waals surface area contributed by atoms with E-state index in [0.29, 0.717) is 12.2 Å². The first-order valence-corrected chi connectivity index (χ1v) is 10.00. The Morgan fingerprint density at radius 1 is 1.03 bits per heavy atom. The number of halogens is 2. The number of nitrogens with zero attached hydrogens (tertiary/aromatic N) is 5. The van der Waals surface area contributed by atoms with Crippen LogP contribution in [-0.2, 0) is 6.54 Å². The van der Waals surface area contributed by atoms with Crippen molar-refractivity contribution in [1.29, 1.82) is 0 Å². The molecule has 3 aromatic rings. The zero-order valence-corrected chi connectivity index (χ0v) is 16.4. The number of piperazine rings is 1. The summed E-state index contributed by atoms with van der Waals surface area (Å²) >= 11 is 0. The van der Waals surface area contributed by atoms with Gasteiger partial charge in [-0.1, -0.05) is 31.2 Å². The lowest BCUT2D eigenvalue weighted by atomic mass is 10.1. The zero-order chi connectivity index (χ0) is 20.2. The van der Waals surface area contributed by atoms with Gasteiger partial charge < -0.3 is 9.80 Å². The molecule has 1 N–H and O–H groups in total. The maximum absolute atomic E-state index is 14.1. The average molecular weight is 399 g/mol. The Morgan fingerprint density at radius 3 is 2.45 bits per heavy atom. The highest BCUT2D eigenvalue weighted by Crippen LogP contribution is 2.19. The number of benzene rings is 2. The lowest BCUT2D eigenvalue weighted by Gasteiger charge is -2.37. The molecule has 6 nitrogen and oxygen atoms in total. The van der Waals surface area contributed by atoms with E-state index in [1.165, 1.54) is 23.1 Å². The molecule has 0 unspecified atom stereocenters. The summed E-state index contributed by atoms with van der Waals surface area (Å²) < 4.78 is 29.1. The normalized spacial score (nSPS) is 16.2. The van der Waals surface area contributed by atoms with Gasteiger partial charge in [0.2, 0.25) is 5.82 Å². The topological polar surface area (TPSA) is 51.3 Å². The molecule has 152 valence electrons. The first-order valence-electron chi connectivity index (χ1n) is 10.00. The predicted molar refractivity (Wildman–Crippen MR) is 106 cm³/mol. The lowest BCUT2D eigenvalue weighted by Crippen LogP contribution is -3.15. The van der Waals surface area contributed by atoms with E-state index in [1.807, 2.05) is 12.1 Å². The van der Waals surface area contributed by atoms with E-state index >= 15 is 0 Å². The fourth-order valence-electron chi connectivity index (χ4n) is 4.08. The van der Waals surface area contributed by atoms with Crippen molar-refractivity contribution in [3.8, 4) is 0 Å². The molecule has 4 rings (SSSR count). The van der Waals surface area contributed by atoms with E-state index in [1.54, 1.807) is 22.9 Å². The average Bonchev–Trinajstić information content (AvgIpc) is 3.19. The molecule has 1 aromatic heterocycles. The highest BCUT2D eigenvalue weighted by Gasteiger charge is 2.32. The molecule has 1 fully saturated rings. The molecule has 0 bridgehead atoms. The van der Waals surface area contributed by atoms with Gasteiger partial charge in [-0.25, -0.2) is 13.5 Å². The number of para-hydroxylation sites is 1. The Balaban J connectivity index is 1.46. The van der Waals surface area contributed by atoms with Gasteiger partial charge in [-0.3, -0.25) is 0 Å². The number of hydrogen-bond donors (Lipinski definition) is 1. The van der Waals surface area contributed by atoms with Crippen molar-refractivity contribution in [2.75, 3.05) is 31.1 Å².